The number of Topliss-reactive ketones (excluding diaryl/α,β-unsaturated/α-hetero) is 1. The number of hydrogen-bond acceptors (Lipinski definition) is 7. The Morgan fingerprint density at radius 3 is 2.79 bits per heavy atom. The van der Waals surface area contributed by atoms with E-state index in [2.05, 4.69) is 9.97 Å². The van der Waals surface area contributed by atoms with Gasteiger partial charge >= 0.3 is 0 Å². The number of imidazole rings is 2. The normalized spacial score (nSPS) is 15.8. The summed E-state index contributed by atoms with van der Waals surface area (Å²) in [5, 5.41) is 11.1. The lowest BCUT2D eigenvalue weighted by molar-refractivity contribution is -0.129. The molecule has 1 aliphatic heterocycles. The molecule has 5 aromatic rings. The van der Waals surface area contributed by atoms with Gasteiger partial charge in [-0.05, 0) is 43.2 Å². The van der Waals surface area contributed by atoms with Crippen molar-refractivity contribution >= 4 is 39.0 Å². The van der Waals surface area contributed by atoms with Crippen LogP contribution in [0.15, 0.2) is 78.6 Å². The van der Waals surface area contributed by atoms with Crippen LogP contribution in [0.2, 0.25) is 0 Å². The molecule has 0 bridgehead atoms. The van der Waals surface area contributed by atoms with E-state index in [9.17, 15) is 14.7 Å². The molecule has 0 aliphatic carbocycles. The van der Waals surface area contributed by atoms with E-state index >= 15 is 0 Å². The van der Waals surface area contributed by atoms with E-state index < -0.39 is 17.7 Å². The molecule has 0 fully saturated rings. The number of hydrogen-bond donors (Lipinski definition) is 1. The number of rotatable bonds is 8. The van der Waals surface area contributed by atoms with Crippen molar-refractivity contribution in [3.63, 3.8) is 0 Å². The number of amides is 1. The van der Waals surface area contributed by atoms with Gasteiger partial charge in [0, 0.05) is 31.2 Å². The molecule has 10 heteroatoms. The summed E-state index contributed by atoms with van der Waals surface area (Å²) in [6.07, 6.45) is 5.90. The second-order valence-electron chi connectivity index (χ2n) is 9.16. The number of ketones is 1. The Balaban J connectivity index is 1.41. The zero-order chi connectivity index (χ0) is 26.4. The maximum atomic E-state index is 14.1. The van der Waals surface area contributed by atoms with E-state index in [1.807, 2.05) is 58.5 Å². The van der Waals surface area contributed by atoms with Gasteiger partial charge in [0.05, 0.1) is 41.0 Å². The molecule has 1 amide bonds. The highest BCUT2D eigenvalue weighted by atomic mass is 32.1. The fourth-order valence-corrected chi connectivity index (χ4v) is 6.21. The second-order valence-corrected chi connectivity index (χ2v) is 10.1. The van der Waals surface area contributed by atoms with Crippen molar-refractivity contribution in [2.75, 3.05) is 13.7 Å². The molecule has 0 saturated heterocycles. The highest BCUT2D eigenvalue weighted by molar-refractivity contribution is 7.19. The Kier molecular flexibility index (Phi) is 5.96. The Bertz CT molecular complexity index is 1720. The summed E-state index contributed by atoms with van der Waals surface area (Å²) in [7, 11) is 1.57. The van der Waals surface area contributed by atoms with Crippen LogP contribution < -0.4 is 4.74 Å². The average Bonchev–Trinajstić information content (AvgIpc) is 3.70. The second kappa shape index (κ2) is 9.46. The summed E-state index contributed by atoms with van der Waals surface area (Å²) in [6.45, 7) is 2.85. The maximum Gasteiger partial charge on any atom is 0.290 e. The average molecular weight is 528 g/mol. The van der Waals surface area contributed by atoms with Crippen molar-refractivity contribution in [2.45, 2.75) is 25.9 Å². The zero-order valence-electron chi connectivity index (χ0n) is 20.9. The number of carbonyl (C=O) groups excluding carboxylic acids is 2. The molecule has 3 aromatic heterocycles. The summed E-state index contributed by atoms with van der Waals surface area (Å²) in [6, 6.07) is 14.3. The molecule has 0 saturated carbocycles. The Morgan fingerprint density at radius 2 is 2.00 bits per heavy atom. The summed E-state index contributed by atoms with van der Waals surface area (Å²) in [4.78, 5) is 38.9. The van der Waals surface area contributed by atoms with Crippen LogP contribution in [0.5, 0.6) is 5.75 Å². The largest absolute Gasteiger partial charge is 0.503 e. The van der Waals surface area contributed by atoms with Gasteiger partial charge < -0.3 is 19.3 Å². The number of aliphatic hydroxyl groups is 1. The summed E-state index contributed by atoms with van der Waals surface area (Å²) in [5.41, 5.74) is 3.23. The van der Waals surface area contributed by atoms with Crippen molar-refractivity contribution < 1.29 is 19.4 Å². The molecular weight excluding hydrogens is 502 g/mol. The van der Waals surface area contributed by atoms with Crippen LogP contribution in [-0.2, 0) is 11.3 Å². The van der Waals surface area contributed by atoms with Gasteiger partial charge in [-0.15, -0.1) is 0 Å². The minimum absolute atomic E-state index is 0.0720. The van der Waals surface area contributed by atoms with Gasteiger partial charge in [0.25, 0.3) is 5.91 Å². The van der Waals surface area contributed by atoms with Gasteiger partial charge in [-0.25, -0.2) is 9.97 Å². The molecule has 38 heavy (non-hydrogen) atoms. The first-order chi connectivity index (χ1) is 18.5. The number of aromatic nitrogens is 4. The molecule has 1 aliphatic rings. The van der Waals surface area contributed by atoms with Crippen LogP contribution in [-0.4, -0.2) is 54.3 Å². The predicted octanol–water partition coefficient (Wildman–Crippen LogP) is 4.73. The Morgan fingerprint density at radius 1 is 1.16 bits per heavy atom. The van der Waals surface area contributed by atoms with Crippen LogP contribution in [0.1, 0.15) is 33.4 Å². The predicted molar refractivity (Wildman–Crippen MR) is 144 cm³/mol. The number of nitrogens with zero attached hydrogens (tertiary/aromatic N) is 5. The van der Waals surface area contributed by atoms with E-state index in [1.54, 1.807) is 36.7 Å². The van der Waals surface area contributed by atoms with Crippen LogP contribution >= 0.6 is 11.3 Å². The zero-order valence-corrected chi connectivity index (χ0v) is 21.7. The number of para-hydroxylation sites is 2. The van der Waals surface area contributed by atoms with Gasteiger partial charge in [0.1, 0.15) is 5.75 Å². The molecule has 0 radical (unpaired) electrons. The molecular formula is C28H25N5O4S. The van der Waals surface area contributed by atoms with Crippen molar-refractivity contribution in [1.29, 1.82) is 0 Å². The van der Waals surface area contributed by atoms with E-state index in [0.29, 0.717) is 40.7 Å². The lowest BCUT2D eigenvalue weighted by Gasteiger charge is -2.27. The fourth-order valence-electron chi connectivity index (χ4n) is 5.11. The summed E-state index contributed by atoms with van der Waals surface area (Å²) >= 11 is 1.26. The third-order valence-corrected chi connectivity index (χ3v) is 8.07. The van der Waals surface area contributed by atoms with Crippen LogP contribution in [0, 0.1) is 6.92 Å². The first-order valence-electron chi connectivity index (χ1n) is 12.2. The monoisotopic (exact) mass is 527 g/mol. The lowest BCUT2D eigenvalue weighted by atomic mass is 9.94. The number of ether oxygens (including phenoxy) is 1. The molecule has 192 valence electrons. The van der Waals surface area contributed by atoms with Gasteiger partial charge in [0.2, 0.25) is 5.78 Å². The van der Waals surface area contributed by atoms with Crippen molar-refractivity contribution in [3.8, 4) is 5.75 Å². The number of thiazole rings is 1. The number of aryl methyl sites for hydroxylation is 2. The van der Waals surface area contributed by atoms with Gasteiger partial charge in [-0.3, -0.25) is 14.0 Å². The van der Waals surface area contributed by atoms with Crippen LogP contribution in [0.25, 0.3) is 16.0 Å². The molecule has 1 atom stereocenters. The molecule has 1 N–H and O–H groups in total. The lowest BCUT2D eigenvalue weighted by Crippen LogP contribution is -2.32. The smallest absolute Gasteiger partial charge is 0.290 e. The Labute approximate surface area is 222 Å². The van der Waals surface area contributed by atoms with Gasteiger partial charge in [-0.2, -0.15) is 0 Å². The van der Waals surface area contributed by atoms with Gasteiger partial charge in [-0.1, -0.05) is 35.6 Å². The molecule has 0 spiro atoms. The van der Waals surface area contributed by atoms with Crippen LogP contribution in [0.4, 0.5) is 0 Å². The number of aliphatic hydroxyl groups excluding tert-OH is 1. The van der Waals surface area contributed by atoms with Crippen molar-refractivity contribution in [3.05, 3.63) is 94.7 Å². The first-order valence-corrected chi connectivity index (χ1v) is 13.0. The summed E-state index contributed by atoms with van der Waals surface area (Å²) in [5.74, 6) is -0.849. The van der Waals surface area contributed by atoms with Crippen molar-refractivity contribution in [1.82, 2.24) is 23.8 Å². The minimum Gasteiger partial charge on any atom is -0.503 e. The van der Waals surface area contributed by atoms with E-state index in [4.69, 9.17) is 4.74 Å². The number of benzene rings is 2. The molecule has 9 nitrogen and oxygen atoms in total. The quantitative estimate of drug-likeness (QED) is 0.293. The first kappa shape index (κ1) is 23.9. The SMILES string of the molecule is COc1cccc(C2C(C(=O)c3sc4nc5ccccc5n4c3C)=C(O)C(=O)N2CCCn2ccnc2)c1. The molecule has 4 heterocycles. The third-order valence-electron chi connectivity index (χ3n) is 6.93. The molecule has 6 rings (SSSR count). The molecule has 2 aromatic carbocycles. The number of fused-ring (bicyclic) bond motifs is 3. The number of methoxy groups -OCH3 is 1. The minimum atomic E-state index is -0.751. The van der Waals surface area contributed by atoms with E-state index in [1.165, 1.54) is 11.3 Å². The third kappa shape index (κ3) is 3.84. The van der Waals surface area contributed by atoms with E-state index in [0.717, 1.165) is 16.7 Å². The topological polar surface area (TPSA) is 102 Å². The summed E-state index contributed by atoms with van der Waals surface area (Å²) < 4.78 is 9.29. The van der Waals surface area contributed by atoms with Gasteiger partial charge in [0.15, 0.2) is 10.7 Å². The van der Waals surface area contributed by atoms with Crippen LogP contribution in [0.3, 0.4) is 0 Å². The van der Waals surface area contributed by atoms with Crippen molar-refractivity contribution in [2.24, 2.45) is 0 Å². The molecule has 1 unspecified atom stereocenters. The fraction of sp³-hybridized carbons (Fsp3) is 0.214. The maximum absolute atomic E-state index is 14.1. The standard InChI is InChI=1S/C28H25N5O4S/c1-17-26(38-28-30-20-9-3-4-10-21(20)33(17)28)24(34)22-23(18-7-5-8-19(15-18)37-2)32(27(36)25(22)35)13-6-12-31-14-11-29-16-31/h3-5,7-11,14-16,23,35H,6,12-13H2,1-2H3. The highest BCUT2D eigenvalue weighted by Crippen LogP contribution is 2.41. The van der Waals surface area contributed by atoms with E-state index in [-0.39, 0.29) is 11.4 Å². The highest BCUT2D eigenvalue weighted by Gasteiger charge is 2.44. The Hall–Kier alpha value is -4.44. The number of carbonyl (C=O) groups is 2.